The first-order valence-corrected chi connectivity index (χ1v) is 7.25. The Morgan fingerprint density at radius 3 is 2.24 bits per heavy atom. The number of primary amides is 1. The number of hydrogen-bond donors (Lipinski definition) is 3. The topological polar surface area (TPSA) is 92.4 Å². The molecule has 3 atom stereocenters. The van der Waals surface area contributed by atoms with Gasteiger partial charge in [0.1, 0.15) is 6.04 Å². The van der Waals surface area contributed by atoms with Crippen molar-refractivity contribution in [2.24, 2.45) is 11.7 Å². The second-order valence-electron chi connectivity index (χ2n) is 4.88. The summed E-state index contributed by atoms with van der Waals surface area (Å²) in [5.41, 5.74) is 5.52. The summed E-state index contributed by atoms with van der Waals surface area (Å²) in [6.07, 6.45) is -0.820. The van der Waals surface area contributed by atoms with E-state index >= 15 is 0 Å². The van der Waals surface area contributed by atoms with E-state index in [1.54, 1.807) is 6.92 Å². The van der Waals surface area contributed by atoms with E-state index in [9.17, 15) is 14.7 Å². The highest BCUT2D eigenvalue weighted by Crippen LogP contribution is 2.24. The van der Waals surface area contributed by atoms with Gasteiger partial charge in [-0.3, -0.25) is 9.59 Å². The lowest BCUT2D eigenvalue weighted by molar-refractivity contribution is -0.134. The van der Waals surface area contributed by atoms with Crippen molar-refractivity contribution in [1.82, 2.24) is 5.32 Å². The molecule has 2 amide bonds. The van der Waals surface area contributed by atoms with Gasteiger partial charge in [0.05, 0.1) is 0 Å². The molecule has 0 saturated carbocycles. The largest absolute Gasteiger partial charge is 0.378 e. The van der Waals surface area contributed by atoms with Gasteiger partial charge in [-0.05, 0) is 29.7 Å². The van der Waals surface area contributed by atoms with Crippen molar-refractivity contribution < 1.29 is 14.7 Å². The molecule has 7 heteroatoms. The monoisotopic (exact) mass is 332 g/mol. The van der Waals surface area contributed by atoms with E-state index in [0.717, 1.165) is 0 Å². The fraction of sp³-hybridized carbons (Fsp3) is 0.429. The minimum absolute atomic E-state index is 0.137. The first-order chi connectivity index (χ1) is 9.76. The SMILES string of the molecule is CCC(C)C(NC(=O)C(O)c1cc(Cl)cc(Cl)c1)C(N)=O. The third kappa shape index (κ3) is 4.88. The van der Waals surface area contributed by atoms with Gasteiger partial charge < -0.3 is 16.2 Å². The maximum Gasteiger partial charge on any atom is 0.254 e. The van der Waals surface area contributed by atoms with Gasteiger partial charge in [-0.25, -0.2) is 0 Å². The Hall–Kier alpha value is -1.30. The van der Waals surface area contributed by atoms with Crippen molar-refractivity contribution in [3.05, 3.63) is 33.8 Å². The fourth-order valence-electron chi connectivity index (χ4n) is 1.85. The average Bonchev–Trinajstić information content (AvgIpc) is 2.41. The molecule has 116 valence electrons. The summed E-state index contributed by atoms with van der Waals surface area (Å²) >= 11 is 11.7. The van der Waals surface area contributed by atoms with Crippen LogP contribution in [0.3, 0.4) is 0 Å². The minimum atomic E-state index is -1.48. The summed E-state index contributed by atoms with van der Waals surface area (Å²) in [6, 6.07) is 3.51. The van der Waals surface area contributed by atoms with Crippen molar-refractivity contribution in [3.8, 4) is 0 Å². The van der Waals surface area contributed by atoms with Crippen LogP contribution in [0.5, 0.6) is 0 Å². The number of benzene rings is 1. The molecule has 4 N–H and O–H groups in total. The van der Waals surface area contributed by atoms with E-state index in [2.05, 4.69) is 5.32 Å². The number of aliphatic hydroxyl groups is 1. The van der Waals surface area contributed by atoms with E-state index in [4.69, 9.17) is 28.9 Å². The summed E-state index contributed by atoms with van der Waals surface area (Å²) < 4.78 is 0. The number of aliphatic hydroxyl groups excluding tert-OH is 1. The highest BCUT2D eigenvalue weighted by Gasteiger charge is 2.27. The lowest BCUT2D eigenvalue weighted by atomic mass is 9.98. The Morgan fingerprint density at radius 1 is 1.29 bits per heavy atom. The van der Waals surface area contributed by atoms with Gasteiger partial charge in [-0.15, -0.1) is 0 Å². The standard InChI is InChI=1S/C14H18Cl2N2O3/c1-3-7(2)11(13(17)20)18-14(21)12(19)8-4-9(15)6-10(16)5-8/h4-7,11-12,19H,3H2,1-2H3,(H2,17,20)(H,18,21). The number of carbonyl (C=O) groups excluding carboxylic acids is 2. The molecule has 5 nitrogen and oxygen atoms in total. The summed E-state index contributed by atoms with van der Waals surface area (Å²) in [6.45, 7) is 3.66. The average molecular weight is 333 g/mol. The van der Waals surface area contributed by atoms with Gasteiger partial charge in [0.2, 0.25) is 5.91 Å². The zero-order valence-corrected chi connectivity index (χ0v) is 13.3. The van der Waals surface area contributed by atoms with Crippen LogP contribution in [-0.2, 0) is 9.59 Å². The van der Waals surface area contributed by atoms with Crippen molar-refractivity contribution in [2.45, 2.75) is 32.4 Å². The molecule has 0 fully saturated rings. The van der Waals surface area contributed by atoms with Crippen LogP contribution in [0.15, 0.2) is 18.2 Å². The quantitative estimate of drug-likeness (QED) is 0.744. The highest BCUT2D eigenvalue weighted by molar-refractivity contribution is 6.34. The fourth-order valence-corrected chi connectivity index (χ4v) is 2.39. The van der Waals surface area contributed by atoms with Gasteiger partial charge in [0.25, 0.3) is 5.91 Å². The van der Waals surface area contributed by atoms with Crippen LogP contribution < -0.4 is 11.1 Å². The molecule has 0 radical (unpaired) electrons. The Kier molecular flexibility index (Phi) is 6.45. The van der Waals surface area contributed by atoms with Gasteiger partial charge in [-0.1, -0.05) is 43.5 Å². The molecule has 0 spiro atoms. The van der Waals surface area contributed by atoms with Crippen molar-refractivity contribution in [1.29, 1.82) is 0 Å². The second kappa shape index (κ2) is 7.64. The van der Waals surface area contributed by atoms with Crippen LogP contribution in [0.2, 0.25) is 10.0 Å². The summed E-state index contributed by atoms with van der Waals surface area (Å²) in [4.78, 5) is 23.4. The minimum Gasteiger partial charge on any atom is -0.378 e. The molecule has 0 saturated heterocycles. The molecule has 1 rings (SSSR count). The zero-order valence-electron chi connectivity index (χ0n) is 11.8. The number of hydrogen-bond acceptors (Lipinski definition) is 3. The molecule has 0 aliphatic heterocycles. The molecular weight excluding hydrogens is 315 g/mol. The Labute approximate surface area is 133 Å². The number of nitrogens with two attached hydrogens (primary N) is 1. The number of amides is 2. The Bertz CT molecular complexity index is 517. The van der Waals surface area contributed by atoms with Gasteiger partial charge in [-0.2, -0.15) is 0 Å². The lowest BCUT2D eigenvalue weighted by Crippen LogP contribution is -2.49. The van der Waals surface area contributed by atoms with Gasteiger partial charge >= 0.3 is 0 Å². The molecule has 1 aromatic rings. The number of carbonyl (C=O) groups is 2. The van der Waals surface area contributed by atoms with Crippen LogP contribution in [0.1, 0.15) is 31.9 Å². The zero-order chi connectivity index (χ0) is 16.2. The third-order valence-electron chi connectivity index (χ3n) is 3.27. The first kappa shape index (κ1) is 17.8. The summed E-state index contributed by atoms with van der Waals surface area (Å²) in [7, 11) is 0. The maximum atomic E-state index is 12.0. The molecule has 0 heterocycles. The third-order valence-corrected chi connectivity index (χ3v) is 3.70. The smallest absolute Gasteiger partial charge is 0.254 e. The second-order valence-corrected chi connectivity index (χ2v) is 5.75. The normalized spacial score (nSPS) is 15.1. The van der Waals surface area contributed by atoms with E-state index in [-0.39, 0.29) is 11.5 Å². The van der Waals surface area contributed by atoms with E-state index in [1.165, 1.54) is 18.2 Å². The Balaban J connectivity index is 2.89. The van der Waals surface area contributed by atoms with E-state index < -0.39 is 24.0 Å². The summed E-state index contributed by atoms with van der Waals surface area (Å²) in [5.74, 6) is -1.51. The summed E-state index contributed by atoms with van der Waals surface area (Å²) in [5, 5.41) is 13.1. The van der Waals surface area contributed by atoms with Crippen molar-refractivity contribution in [3.63, 3.8) is 0 Å². The molecule has 1 aromatic carbocycles. The lowest BCUT2D eigenvalue weighted by Gasteiger charge is -2.22. The maximum absolute atomic E-state index is 12.0. The molecule has 0 aliphatic rings. The van der Waals surface area contributed by atoms with Crippen LogP contribution >= 0.6 is 23.2 Å². The highest BCUT2D eigenvalue weighted by atomic mass is 35.5. The van der Waals surface area contributed by atoms with Gasteiger partial charge in [0, 0.05) is 10.0 Å². The van der Waals surface area contributed by atoms with Crippen LogP contribution in [0, 0.1) is 5.92 Å². The molecular formula is C14H18Cl2N2O3. The number of rotatable bonds is 6. The predicted molar refractivity (Wildman–Crippen MR) is 82.0 cm³/mol. The molecule has 0 aliphatic carbocycles. The predicted octanol–water partition coefficient (Wildman–Crippen LogP) is 2.04. The van der Waals surface area contributed by atoms with Crippen molar-refractivity contribution >= 4 is 35.0 Å². The Morgan fingerprint density at radius 2 is 1.81 bits per heavy atom. The van der Waals surface area contributed by atoms with Crippen LogP contribution in [0.25, 0.3) is 0 Å². The first-order valence-electron chi connectivity index (χ1n) is 6.50. The molecule has 21 heavy (non-hydrogen) atoms. The van der Waals surface area contributed by atoms with Crippen LogP contribution in [-0.4, -0.2) is 23.0 Å². The van der Waals surface area contributed by atoms with Crippen LogP contribution in [0.4, 0.5) is 0 Å². The number of halogens is 2. The van der Waals surface area contributed by atoms with Gasteiger partial charge in [0.15, 0.2) is 6.10 Å². The van der Waals surface area contributed by atoms with Crippen molar-refractivity contribution in [2.75, 3.05) is 0 Å². The number of nitrogens with one attached hydrogen (secondary N) is 1. The van der Waals surface area contributed by atoms with E-state index in [0.29, 0.717) is 16.5 Å². The van der Waals surface area contributed by atoms with E-state index in [1.807, 2.05) is 6.92 Å². The molecule has 3 unspecified atom stereocenters. The molecule has 0 aromatic heterocycles. The molecule has 0 bridgehead atoms.